The van der Waals surface area contributed by atoms with Crippen molar-refractivity contribution in [3.05, 3.63) is 51.5 Å². The highest BCUT2D eigenvalue weighted by molar-refractivity contribution is 6.42. The van der Waals surface area contributed by atoms with Crippen LogP contribution in [0.4, 0.5) is 5.69 Å². The van der Waals surface area contributed by atoms with Gasteiger partial charge in [-0.05, 0) is 31.2 Å². The highest BCUT2D eigenvalue weighted by Gasteiger charge is 2.16. The number of aromatic hydroxyl groups is 2. The molecule has 2 aromatic carbocycles. The molecule has 0 atom stereocenters. The van der Waals surface area contributed by atoms with E-state index in [9.17, 15) is 19.8 Å². The minimum Gasteiger partial charge on any atom is -0.504 e. The SMILES string of the molecule is CC(=O)c1cc(O)c(O)cc1NC(=O)c1ccc(Cl)c(Cl)c1. The third kappa shape index (κ3) is 3.32. The molecular formula is C15H11Cl2NO4. The maximum atomic E-state index is 12.2. The lowest BCUT2D eigenvalue weighted by atomic mass is 10.1. The first kappa shape index (κ1) is 16.1. The van der Waals surface area contributed by atoms with E-state index in [1.165, 1.54) is 25.1 Å². The van der Waals surface area contributed by atoms with Gasteiger partial charge in [0.25, 0.3) is 5.91 Å². The summed E-state index contributed by atoms with van der Waals surface area (Å²) in [6, 6.07) is 6.51. The molecule has 0 bridgehead atoms. The zero-order chi connectivity index (χ0) is 16.4. The number of anilines is 1. The van der Waals surface area contributed by atoms with Gasteiger partial charge in [-0.1, -0.05) is 23.2 Å². The molecule has 0 aliphatic carbocycles. The lowest BCUT2D eigenvalue weighted by Gasteiger charge is -2.11. The maximum Gasteiger partial charge on any atom is 0.255 e. The highest BCUT2D eigenvalue weighted by Crippen LogP contribution is 2.32. The van der Waals surface area contributed by atoms with Gasteiger partial charge in [0.15, 0.2) is 17.3 Å². The molecule has 1 amide bonds. The van der Waals surface area contributed by atoms with Crippen LogP contribution in [0, 0.1) is 0 Å². The summed E-state index contributed by atoms with van der Waals surface area (Å²) in [7, 11) is 0. The summed E-state index contributed by atoms with van der Waals surface area (Å²) in [6.07, 6.45) is 0. The van der Waals surface area contributed by atoms with Crippen LogP contribution >= 0.6 is 23.2 Å². The molecule has 114 valence electrons. The highest BCUT2D eigenvalue weighted by atomic mass is 35.5. The summed E-state index contributed by atoms with van der Waals surface area (Å²) in [5.41, 5.74) is 0.388. The monoisotopic (exact) mass is 339 g/mol. The number of benzene rings is 2. The van der Waals surface area contributed by atoms with E-state index in [1.54, 1.807) is 0 Å². The number of amides is 1. The van der Waals surface area contributed by atoms with Crippen molar-refractivity contribution in [1.82, 2.24) is 0 Å². The Kier molecular flexibility index (Phi) is 4.59. The van der Waals surface area contributed by atoms with Crippen molar-refractivity contribution in [1.29, 1.82) is 0 Å². The Labute approximate surface area is 136 Å². The van der Waals surface area contributed by atoms with Crippen molar-refractivity contribution >= 4 is 40.6 Å². The zero-order valence-electron chi connectivity index (χ0n) is 11.4. The number of halogens is 2. The van der Waals surface area contributed by atoms with Crippen LogP contribution in [0.2, 0.25) is 10.0 Å². The smallest absolute Gasteiger partial charge is 0.255 e. The van der Waals surface area contributed by atoms with Crippen molar-refractivity contribution in [3.8, 4) is 11.5 Å². The minimum absolute atomic E-state index is 0.0729. The van der Waals surface area contributed by atoms with Gasteiger partial charge in [0.2, 0.25) is 0 Å². The molecule has 22 heavy (non-hydrogen) atoms. The molecule has 0 radical (unpaired) electrons. The van der Waals surface area contributed by atoms with Crippen molar-refractivity contribution < 1.29 is 19.8 Å². The number of carbonyl (C=O) groups is 2. The molecule has 0 spiro atoms. The number of rotatable bonds is 3. The first-order chi connectivity index (χ1) is 10.3. The van der Waals surface area contributed by atoms with Gasteiger partial charge in [-0.25, -0.2) is 0 Å². The zero-order valence-corrected chi connectivity index (χ0v) is 12.9. The Morgan fingerprint density at radius 2 is 1.64 bits per heavy atom. The van der Waals surface area contributed by atoms with Crippen molar-refractivity contribution in [2.45, 2.75) is 6.92 Å². The Balaban J connectivity index is 2.37. The topological polar surface area (TPSA) is 86.6 Å². The fraction of sp³-hybridized carbons (Fsp3) is 0.0667. The fourth-order valence-electron chi connectivity index (χ4n) is 1.80. The van der Waals surface area contributed by atoms with Gasteiger partial charge in [-0.3, -0.25) is 9.59 Å². The molecule has 2 rings (SSSR count). The molecule has 5 nitrogen and oxygen atoms in total. The number of hydrogen-bond acceptors (Lipinski definition) is 4. The molecule has 0 aromatic heterocycles. The van der Waals surface area contributed by atoms with Gasteiger partial charge in [-0.2, -0.15) is 0 Å². The second-order valence-electron chi connectivity index (χ2n) is 4.53. The van der Waals surface area contributed by atoms with Crippen LogP contribution in [0.1, 0.15) is 27.6 Å². The molecule has 0 heterocycles. The molecule has 0 aliphatic rings. The third-order valence-electron chi connectivity index (χ3n) is 2.92. The van der Waals surface area contributed by atoms with E-state index in [4.69, 9.17) is 23.2 Å². The Morgan fingerprint density at radius 1 is 1.00 bits per heavy atom. The lowest BCUT2D eigenvalue weighted by molar-refractivity contribution is 0.101. The molecule has 0 aliphatic heterocycles. The van der Waals surface area contributed by atoms with Gasteiger partial charge < -0.3 is 15.5 Å². The lowest BCUT2D eigenvalue weighted by Crippen LogP contribution is -2.14. The second-order valence-corrected chi connectivity index (χ2v) is 5.34. The van der Waals surface area contributed by atoms with E-state index in [-0.39, 0.29) is 27.6 Å². The summed E-state index contributed by atoms with van der Waals surface area (Å²) < 4.78 is 0. The van der Waals surface area contributed by atoms with E-state index in [0.717, 1.165) is 12.1 Å². The average molecular weight is 340 g/mol. The van der Waals surface area contributed by atoms with E-state index >= 15 is 0 Å². The standard InChI is InChI=1S/C15H11Cl2NO4/c1-7(19)9-5-13(20)14(21)6-12(9)18-15(22)8-2-3-10(16)11(17)4-8/h2-6,20-21H,1H3,(H,18,22). The Morgan fingerprint density at radius 3 is 2.23 bits per heavy atom. The predicted octanol–water partition coefficient (Wildman–Crippen LogP) is 3.86. The summed E-state index contributed by atoms with van der Waals surface area (Å²) in [4.78, 5) is 23.7. The summed E-state index contributed by atoms with van der Waals surface area (Å²) in [5, 5.41) is 22.0. The molecule has 3 N–H and O–H groups in total. The molecule has 0 fully saturated rings. The maximum absolute atomic E-state index is 12.2. The molecular weight excluding hydrogens is 329 g/mol. The van der Waals surface area contributed by atoms with E-state index in [2.05, 4.69) is 5.32 Å². The number of phenols is 2. The summed E-state index contributed by atoms with van der Waals surface area (Å²) >= 11 is 11.6. The Bertz CT molecular complexity index is 774. The average Bonchev–Trinajstić information content (AvgIpc) is 2.45. The number of Topliss-reactive ketones (excluding diaryl/α,β-unsaturated/α-hetero) is 1. The number of phenolic OH excluding ortho intramolecular Hbond substituents is 2. The van der Waals surface area contributed by atoms with Crippen LogP contribution in [0.5, 0.6) is 11.5 Å². The van der Waals surface area contributed by atoms with Gasteiger partial charge in [-0.15, -0.1) is 0 Å². The first-order valence-corrected chi connectivity index (χ1v) is 6.88. The van der Waals surface area contributed by atoms with Gasteiger partial charge in [0, 0.05) is 17.2 Å². The largest absolute Gasteiger partial charge is 0.504 e. The fourth-order valence-corrected chi connectivity index (χ4v) is 2.10. The van der Waals surface area contributed by atoms with Gasteiger partial charge in [0.05, 0.1) is 15.7 Å². The predicted molar refractivity (Wildman–Crippen MR) is 84.2 cm³/mol. The molecule has 0 saturated heterocycles. The summed E-state index contributed by atoms with van der Waals surface area (Å²) in [6.45, 7) is 1.28. The number of hydrogen-bond donors (Lipinski definition) is 3. The number of nitrogens with one attached hydrogen (secondary N) is 1. The quantitative estimate of drug-likeness (QED) is 0.450. The van der Waals surface area contributed by atoms with Crippen LogP contribution in [0.3, 0.4) is 0 Å². The molecule has 0 unspecified atom stereocenters. The van der Waals surface area contributed by atoms with Gasteiger partial charge >= 0.3 is 0 Å². The summed E-state index contributed by atoms with van der Waals surface area (Å²) in [5.74, 6) is -1.81. The van der Waals surface area contributed by atoms with Crippen molar-refractivity contribution in [2.24, 2.45) is 0 Å². The number of carbonyl (C=O) groups excluding carboxylic acids is 2. The minimum atomic E-state index is -0.536. The van der Waals surface area contributed by atoms with Crippen molar-refractivity contribution in [2.75, 3.05) is 5.32 Å². The normalized spacial score (nSPS) is 10.3. The first-order valence-electron chi connectivity index (χ1n) is 6.13. The van der Waals surface area contributed by atoms with Crippen molar-refractivity contribution in [3.63, 3.8) is 0 Å². The number of ketones is 1. The van der Waals surface area contributed by atoms with Crippen LogP contribution in [-0.2, 0) is 0 Å². The second kappa shape index (κ2) is 6.25. The van der Waals surface area contributed by atoms with Crippen LogP contribution in [-0.4, -0.2) is 21.9 Å². The van der Waals surface area contributed by atoms with E-state index < -0.39 is 17.4 Å². The molecule has 7 heteroatoms. The Hall–Kier alpha value is -2.24. The van der Waals surface area contributed by atoms with Crippen LogP contribution in [0.15, 0.2) is 30.3 Å². The van der Waals surface area contributed by atoms with Crippen LogP contribution < -0.4 is 5.32 Å². The van der Waals surface area contributed by atoms with Crippen LogP contribution in [0.25, 0.3) is 0 Å². The van der Waals surface area contributed by atoms with Gasteiger partial charge in [0.1, 0.15) is 0 Å². The van der Waals surface area contributed by atoms with E-state index in [1.807, 2.05) is 0 Å². The molecule has 0 saturated carbocycles. The van der Waals surface area contributed by atoms with E-state index in [0.29, 0.717) is 5.02 Å². The molecule has 2 aromatic rings. The third-order valence-corrected chi connectivity index (χ3v) is 3.66.